The van der Waals surface area contributed by atoms with Gasteiger partial charge in [-0.05, 0) is 69.7 Å². The number of rotatable bonds is 10. The van der Waals surface area contributed by atoms with Gasteiger partial charge in [0.2, 0.25) is 0 Å². The summed E-state index contributed by atoms with van der Waals surface area (Å²) in [6, 6.07) is 8.61. The zero-order valence-electron chi connectivity index (χ0n) is 19.7. The zero-order valence-corrected chi connectivity index (χ0v) is 19.7. The highest BCUT2D eigenvalue weighted by Gasteiger charge is 2.14. The number of aromatic nitrogens is 2. The van der Waals surface area contributed by atoms with Crippen LogP contribution in [0.4, 0.5) is 0 Å². The van der Waals surface area contributed by atoms with Crippen molar-refractivity contribution < 1.29 is 4.74 Å². The number of aryl methyl sites for hydroxylation is 2. The van der Waals surface area contributed by atoms with Crippen molar-refractivity contribution in [1.29, 1.82) is 0 Å². The molecule has 1 atom stereocenters. The molecule has 0 aliphatic heterocycles. The lowest BCUT2D eigenvalue weighted by atomic mass is 10.1. The van der Waals surface area contributed by atoms with Crippen LogP contribution in [0.1, 0.15) is 50.2 Å². The molecule has 1 aromatic carbocycles. The molecule has 2 aromatic rings. The SMILES string of the molecule is CCNC(=NCCc1ccc(OCC(C)C)cc1)NC(C)Cc1c(C)nn(C)c1C. The van der Waals surface area contributed by atoms with Crippen LogP contribution in [0.2, 0.25) is 0 Å². The van der Waals surface area contributed by atoms with Gasteiger partial charge in [0, 0.05) is 31.9 Å². The van der Waals surface area contributed by atoms with Crippen molar-refractivity contribution in [2.24, 2.45) is 18.0 Å². The van der Waals surface area contributed by atoms with Gasteiger partial charge in [0.25, 0.3) is 0 Å². The number of nitrogens with zero attached hydrogens (tertiary/aromatic N) is 3. The van der Waals surface area contributed by atoms with Gasteiger partial charge in [-0.15, -0.1) is 0 Å². The van der Waals surface area contributed by atoms with E-state index in [0.717, 1.165) is 49.9 Å². The van der Waals surface area contributed by atoms with E-state index in [9.17, 15) is 0 Å². The molecule has 1 heterocycles. The van der Waals surface area contributed by atoms with Crippen LogP contribution in [-0.4, -0.2) is 41.5 Å². The summed E-state index contributed by atoms with van der Waals surface area (Å²) < 4.78 is 7.71. The lowest BCUT2D eigenvalue weighted by Gasteiger charge is -2.18. The molecule has 0 spiro atoms. The molecule has 0 amide bonds. The minimum atomic E-state index is 0.266. The molecule has 6 nitrogen and oxygen atoms in total. The second-order valence-corrected chi connectivity index (χ2v) is 8.38. The fourth-order valence-electron chi connectivity index (χ4n) is 3.34. The monoisotopic (exact) mass is 413 g/mol. The van der Waals surface area contributed by atoms with Gasteiger partial charge < -0.3 is 15.4 Å². The highest BCUT2D eigenvalue weighted by molar-refractivity contribution is 5.80. The van der Waals surface area contributed by atoms with Crippen LogP contribution in [0.15, 0.2) is 29.3 Å². The quantitative estimate of drug-likeness (QED) is 0.459. The maximum absolute atomic E-state index is 5.75. The van der Waals surface area contributed by atoms with Crippen LogP contribution in [0.3, 0.4) is 0 Å². The molecular formula is C24H39N5O. The molecule has 2 N–H and O–H groups in total. The summed E-state index contributed by atoms with van der Waals surface area (Å²) in [5.41, 5.74) is 4.91. The van der Waals surface area contributed by atoms with Crippen LogP contribution in [-0.2, 0) is 19.9 Å². The Bertz CT molecular complexity index is 808. The zero-order chi connectivity index (χ0) is 22.1. The number of nitrogens with one attached hydrogen (secondary N) is 2. The van der Waals surface area contributed by atoms with Crippen molar-refractivity contribution in [2.45, 2.75) is 60.4 Å². The minimum absolute atomic E-state index is 0.266. The van der Waals surface area contributed by atoms with E-state index in [1.54, 1.807) is 0 Å². The van der Waals surface area contributed by atoms with Crippen molar-refractivity contribution in [1.82, 2.24) is 20.4 Å². The van der Waals surface area contributed by atoms with Gasteiger partial charge in [0.05, 0.1) is 12.3 Å². The summed E-state index contributed by atoms with van der Waals surface area (Å²) in [7, 11) is 2.00. The van der Waals surface area contributed by atoms with Gasteiger partial charge in [-0.1, -0.05) is 26.0 Å². The molecule has 0 saturated carbocycles. The molecule has 166 valence electrons. The number of guanidine groups is 1. The first-order chi connectivity index (χ1) is 14.3. The first kappa shape index (κ1) is 23.8. The largest absolute Gasteiger partial charge is 0.493 e. The third kappa shape index (κ3) is 7.39. The molecule has 6 heteroatoms. The lowest BCUT2D eigenvalue weighted by molar-refractivity contribution is 0.271. The highest BCUT2D eigenvalue weighted by Crippen LogP contribution is 2.15. The first-order valence-corrected chi connectivity index (χ1v) is 11.1. The first-order valence-electron chi connectivity index (χ1n) is 11.1. The molecule has 2 rings (SSSR count). The van der Waals surface area contributed by atoms with Crippen LogP contribution >= 0.6 is 0 Å². The van der Waals surface area contributed by atoms with E-state index in [4.69, 9.17) is 9.73 Å². The van der Waals surface area contributed by atoms with Crippen LogP contribution < -0.4 is 15.4 Å². The third-order valence-electron chi connectivity index (χ3n) is 5.07. The Labute approximate surface area is 182 Å². The van der Waals surface area contributed by atoms with Gasteiger partial charge in [0.15, 0.2) is 5.96 Å². The molecule has 30 heavy (non-hydrogen) atoms. The summed E-state index contributed by atoms with van der Waals surface area (Å²) in [6.07, 6.45) is 1.82. The van der Waals surface area contributed by atoms with Gasteiger partial charge in [0.1, 0.15) is 5.75 Å². The standard InChI is InChI=1S/C24H39N5O/c1-8-25-24(27-18(4)15-23-19(5)28-29(7)20(23)6)26-14-13-21-9-11-22(12-10-21)30-16-17(2)3/h9-12,17-18H,8,13-16H2,1-7H3,(H2,25,26,27). The smallest absolute Gasteiger partial charge is 0.191 e. The molecule has 0 saturated heterocycles. The van der Waals surface area contributed by atoms with E-state index in [0.29, 0.717) is 5.92 Å². The van der Waals surface area contributed by atoms with E-state index in [1.165, 1.54) is 16.8 Å². The predicted molar refractivity (Wildman–Crippen MR) is 125 cm³/mol. The number of hydrogen-bond donors (Lipinski definition) is 2. The van der Waals surface area contributed by atoms with Crippen molar-refractivity contribution in [2.75, 3.05) is 19.7 Å². The molecule has 1 unspecified atom stereocenters. The van der Waals surface area contributed by atoms with E-state index < -0.39 is 0 Å². The fourth-order valence-corrected chi connectivity index (χ4v) is 3.34. The molecule has 1 aromatic heterocycles. The van der Waals surface area contributed by atoms with E-state index >= 15 is 0 Å². The van der Waals surface area contributed by atoms with Gasteiger partial charge in [-0.3, -0.25) is 9.67 Å². The van der Waals surface area contributed by atoms with Gasteiger partial charge in [-0.2, -0.15) is 5.10 Å². The number of aliphatic imine (C=N–C) groups is 1. The number of hydrogen-bond acceptors (Lipinski definition) is 3. The molecule has 0 fully saturated rings. The Kier molecular flexibility index (Phi) is 9.21. The molecule has 0 aliphatic rings. The lowest BCUT2D eigenvalue weighted by Crippen LogP contribution is -2.43. The normalized spacial score (nSPS) is 12.9. The average molecular weight is 414 g/mol. The Balaban J connectivity index is 1.89. The maximum Gasteiger partial charge on any atom is 0.191 e. The third-order valence-corrected chi connectivity index (χ3v) is 5.07. The minimum Gasteiger partial charge on any atom is -0.493 e. The van der Waals surface area contributed by atoms with E-state index in [2.05, 4.69) is 69.4 Å². The second-order valence-electron chi connectivity index (χ2n) is 8.38. The Morgan fingerprint density at radius 3 is 2.43 bits per heavy atom. The fraction of sp³-hybridized carbons (Fsp3) is 0.583. The second kappa shape index (κ2) is 11.6. The Hall–Kier alpha value is -2.50. The van der Waals surface area contributed by atoms with Crippen molar-refractivity contribution in [3.63, 3.8) is 0 Å². The van der Waals surface area contributed by atoms with Gasteiger partial charge >= 0.3 is 0 Å². The summed E-state index contributed by atoms with van der Waals surface area (Å²) in [6.45, 7) is 15.1. The van der Waals surface area contributed by atoms with Crippen LogP contribution in [0.5, 0.6) is 5.75 Å². The molecular weight excluding hydrogens is 374 g/mol. The van der Waals surface area contributed by atoms with Crippen LogP contribution in [0.25, 0.3) is 0 Å². The van der Waals surface area contributed by atoms with Crippen LogP contribution in [0, 0.1) is 19.8 Å². The Morgan fingerprint density at radius 1 is 1.17 bits per heavy atom. The molecule has 0 bridgehead atoms. The number of benzene rings is 1. The van der Waals surface area contributed by atoms with E-state index in [-0.39, 0.29) is 6.04 Å². The van der Waals surface area contributed by atoms with Crippen molar-refractivity contribution >= 4 is 5.96 Å². The maximum atomic E-state index is 5.75. The van der Waals surface area contributed by atoms with Crippen molar-refractivity contribution in [3.8, 4) is 5.75 Å². The number of ether oxygens (including phenoxy) is 1. The summed E-state index contributed by atoms with van der Waals surface area (Å²) >= 11 is 0. The summed E-state index contributed by atoms with van der Waals surface area (Å²) in [5.74, 6) is 2.33. The molecule has 0 radical (unpaired) electrons. The summed E-state index contributed by atoms with van der Waals surface area (Å²) in [4.78, 5) is 4.76. The Morgan fingerprint density at radius 2 is 1.87 bits per heavy atom. The van der Waals surface area contributed by atoms with Crippen molar-refractivity contribution in [3.05, 3.63) is 46.8 Å². The molecule has 0 aliphatic carbocycles. The summed E-state index contributed by atoms with van der Waals surface area (Å²) in [5, 5.41) is 11.4. The van der Waals surface area contributed by atoms with E-state index in [1.807, 2.05) is 23.9 Å². The average Bonchev–Trinajstić information content (AvgIpc) is 2.93. The predicted octanol–water partition coefficient (Wildman–Crippen LogP) is 3.80. The van der Waals surface area contributed by atoms with Gasteiger partial charge in [-0.25, -0.2) is 0 Å². The topological polar surface area (TPSA) is 63.5 Å². The highest BCUT2D eigenvalue weighted by atomic mass is 16.5.